The van der Waals surface area contributed by atoms with Gasteiger partial charge in [0.1, 0.15) is 5.82 Å². The van der Waals surface area contributed by atoms with Gasteiger partial charge in [0.2, 0.25) is 11.7 Å². The molecule has 0 bridgehead atoms. The van der Waals surface area contributed by atoms with Gasteiger partial charge in [-0.1, -0.05) is 11.2 Å². The largest absolute Gasteiger partial charge is 0.378 e. The van der Waals surface area contributed by atoms with E-state index < -0.39 is 0 Å². The number of hydrogen-bond acceptors (Lipinski definition) is 8. The molecule has 2 saturated heterocycles. The normalized spacial score (nSPS) is 20.3. The molecule has 3 aromatic heterocycles. The monoisotopic (exact) mass is 392 g/mol. The zero-order valence-corrected chi connectivity index (χ0v) is 16.3. The Morgan fingerprint density at radius 3 is 2.83 bits per heavy atom. The molecular weight excluding hydrogens is 368 g/mol. The van der Waals surface area contributed by atoms with Gasteiger partial charge < -0.3 is 14.2 Å². The number of likely N-dealkylation sites (tertiary alicyclic amines) is 1. The first kappa shape index (κ1) is 18.2. The standard InChI is InChI=1S/C21H24N6O2/c1-2-7-22-17(4-1)15-27-9-3-5-18(27)21-24-20(25-29-21)16-6-8-23-19(14-16)26-10-12-28-13-11-26/h1-2,4,6-8,14,18H,3,5,9-13,15H2/t18-/m0/s1. The van der Waals surface area contributed by atoms with Gasteiger partial charge in [0, 0.05) is 37.6 Å². The zero-order valence-electron chi connectivity index (χ0n) is 16.3. The van der Waals surface area contributed by atoms with Gasteiger partial charge >= 0.3 is 0 Å². The van der Waals surface area contributed by atoms with Crippen LogP contribution in [0.4, 0.5) is 5.82 Å². The lowest BCUT2D eigenvalue weighted by Gasteiger charge is -2.27. The molecule has 0 saturated carbocycles. The Morgan fingerprint density at radius 1 is 1.03 bits per heavy atom. The van der Waals surface area contributed by atoms with Crippen LogP contribution in [0.15, 0.2) is 47.2 Å². The van der Waals surface area contributed by atoms with Crippen molar-refractivity contribution in [3.8, 4) is 11.4 Å². The lowest BCUT2D eigenvalue weighted by molar-refractivity contribution is 0.122. The van der Waals surface area contributed by atoms with E-state index in [1.54, 1.807) is 6.20 Å². The Labute approximate surface area is 169 Å². The van der Waals surface area contributed by atoms with Gasteiger partial charge in [-0.05, 0) is 43.7 Å². The molecule has 5 heterocycles. The molecule has 0 spiro atoms. The van der Waals surface area contributed by atoms with Crippen LogP contribution < -0.4 is 4.90 Å². The predicted molar refractivity (Wildman–Crippen MR) is 107 cm³/mol. The van der Waals surface area contributed by atoms with Crippen molar-refractivity contribution in [1.82, 2.24) is 25.0 Å². The number of rotatable bonds is 5. The highest BCUT2D eigenvalue weighted by Gasteiger charge is 2.31. The van der Waals surface area contributed by atoms with Crippen molar-refractivity contribution in [3.05, 3.63) is 54.3 Å². The van der Waals surface area contributed by atoms with Gasteiger partial charge in [0.25, 0.3) is 0 Å². The second kappa shape index (κ2) is 8.26. The molecule has 2 aliphatic rings. The van der Waals surface area contributed by atoms with Crippen LogP contribution in [0.2, 0.25) is 0 Å². The average Bonchev–Trinajstić information content (AvgIpc) is 3.45. The van der Waals surface area contributed by atoms with E-state index in [2.05, 4.69) is 31.0 Å². The van der Waals surface area contributed by atoms with Crippen LogP contribution in [0.3, 0.4) is 0 Å². The maximum Gasteiger partial charge on any atom is 0.244 e. The predicted octanol–water partition coefficient (Wildman–Crippen LogP) is 2.70. The number of ether oxygens (including phenoxy) is 1. The van der Waals surface area contributed by atoms with Crippen molar-refractivity contribution in [3.63, 3.8) is 0 Å². The first-order chi connectivity index (χ1) is 14.4. The van der Waals surface area contributed by atoms with E-state index in [-0.39, 0.29) is 6.04 Å². The summed E-state index contributed by atoms with van der Waals surface area (Å²) in [5.74, 6) is 2.22. The molecule has 29 heavy (non-hydrogen) atoms. The highest BCUT2D eigenvalue weighted by atomic mass is 16.5. The molecular formula is C21H24N6O2. The Bertz CT molecular complexity index is 941. The van der Waals surface area contributed by atoms with E-state index in [1.807, 2.05) is 30.5 Å². The molecule has 0 aliphatic carbocycles. The first-order valence-corrected chi connectivity index (χ1v) is 10.1. The van der Waals surface area contributed by atoms with E-state index >= 15 is 0 Å². The Hall–Kier alpha value is -2.84. The summed E-state index contributed by atoms with van der Waals surface area (Å²) in [7, 11) is 0. The van der Waals surface area contributed by atoms with E-state index in [9.17, 15) is 0 Å². The smallest absolute Gasteiger partial charge is 0.244 e. The number of anilines is 1. The molecule has 3 aromatic rings. The second-order valence-corrected chi connectivity index (χ2v) is 7.41. The summed E-state index contributed by atoms with van der Waals surface area (Å²) in [5, 5.41) is 4.26. The van der Waals surface area contributed by atoms with Crippen LogP contribution in [0, 0.1) is 0 Å². The van der Waals surface area contributed by atoms with Crippen LogP contribution in [-0.4, -0.2) is 57.9 Å². The SMILES string of the molecule is c1ccc(CN2CCC[C@H]2c2nc(-c3ccnc(N4CCOCC4)c3)no2)nc1. The van der Waals surface area contributed by atoms with Crippen LogP contribution in [0.5, 0.6) is 0 Å². The molecule has 0 radical (unpaired) electrons. The molecule has 2 fully saturated rings. The van der Waals surface area contributed by atoms with Crippen LogP contribution in [0.25, 0.3) is 11.4 Å². The second-order valence-electron chi connectivity index (χ2n) is 7.41. The quantitative estimate of drug-likeness (QED) is 0.656. The van der Waals surface area contributed by atoms with Crippen LogP contribution in [0.1, 0.15) is 30.5 Å². The van der Waals surface area contributed by atoms with Crippen LogP contribution in [-0.2, 0) is 11.3 Å². The maximum absolute atomic E-state index is 5.68. The molecule has 2 aliphatic heterocycles. The van der Waals surface area contributed by atoms with E-state index in [4.69, 9.17) is 14.2 Å². The van der Waals surface area contributed by atoms with Gasteiger partial charge in [-0.25, -0.2) is 4.98 Å². The summed E-state index contributed by atoms with van der Waals surface area (Å²) in [6, 6.07) is 10.1. The van der Waals surface area contributed by atoms with Crippen molar-refractivity contribution in [2.24, 2.45) is 0 Å². The van der Waals surface area contributed by atoms with Crippen molar-refractivity contribution in [1.29, 1.82) is 0 Å². The van der Waals surface area contributed by atoms with Crippen LogP contribution >= 0.6 is 0 Å². The number of aromatic nitrogens is 4. The molecule has 0 amide bonds. The van der Waals surface area contributed by atoms with Gasteiger partial charge in [-0.2, -0.15) is 4.98 Å². The minimum absolute atomic E-state index is 0.138. The number of nitrogens with zero attached hydrogens (tertiary/aromatic N) is 6. The number of morpholine rings is 1. The lowest BCUT2D eigenvalue weighted by atomic mass is 10.2. The van der Waals surface area contributed by atoms with Gasteiger partial charge in [0.15, 0.2) is 0 Å². The fourth-order valence-corrected chi connectivity index (χ4v) is 4.01. The minimum atomic E-state index is 0.138. The molecule has 0 N–H and O–H groups in total. The van der Waals surface area contributed by atoms with Crippen molar-refractivity contribution < 1.29 is 9.26 Å². The summed E-state index contributed by atoms with van der Waals surface area (Å²) in [4.78, 5) is 18.3. The number of pyridine rings is 2. The van der Waals surface area contributed by atoms with Crippen molar-refractivity contribution in [2.45, 2.75) is 25.4 Å². The molecule has 1 atom stereocenters. The van der Waals surface area contributed by atoms with E-state index in [0.717, 1.165) is 69.3 Å². The van der Waals surface area contributed by atoms with Gasteiger partial charge in [0.05, 0.1) is 24.9 Å². The van der Waals surface area contributed by atoms with Crippen molar-refractivity contribution in [2.75, 3.05) is 37.7 Å². The van der Waals surface area contributed by atoms with Gasteiger partial charge in [-0.15, -0.1) is 0 Å². The Balaban J connectivity index is 1.34. The maximum atomic E-state index is 5.68. The Morgan fingerprint density at radius 2 is 1.97 bits per heavy atom. The third-order valence-electron chi connectivity index (χ3n) is 5.52. The first-order valence-electron chi connectivity index (χ1n) is 10.1. The highest BCUT2D eigenvalue weighted by molar-refractivity contribution is 5.59. The fourth-order valence-electron chi connectivity index (χ4n) is 4.01. The average molecular weight is 392 g/mol. The third kappa shape index (κ3) is 3.99. The summed E-state index contributed by atoms with van der Waals surface area (Å²) in [5.41, 5.74) is 1.98. The lowest BCUT2D eigenvalue weighted by Crippen LogP contribution is -2.36. The topological polar surface area (TPSA) is 80.4 Å². The Kier molecular flexibility index (Phi) is 5.19. The summed E-state index contributed by atoms with van der Waals surface area (Å²) < 4.78 is 11.1. The molecule has 150 valence electrons. The molecule has 8 nitrogen and oxygen atoms in total. The molecule has 0 unspecified atom stereocenters. The minimum Gasteiger partial charge on any atom is -0.378 e. The van der Waals surface area contributed by atoms with E-state index in [0.29, 0.717) is 11.7 Å². The molecule has 8 heteroatoms. The third-order valence-corrected chi connectivity index (χ3v) is 5.52. The van der Waals surface area contributed by atoms with E-state index in [1.165, 1.54) is 0 Å². The highest BCUT2D eigenvalue weighted by Crippen LogP contribution is 2.33. The summed E-state index contributed by atoms with van der Waals surface area (Å²) in [6.45, 7) is 4.95. The fraction of sp³-hybridized carbons (Fsp3) is 0.429. The number of hydrogen-bond donors (Lipinski definition) is 0. The molecule has 0 aromatic carbocycles. The summed E-state index contributed by atoms with van der Waals surface area (Å²) >= 11 is 0. The molecule has 5 rings (SSSR count). The van der Waals surface area contributed by atoms with Gasteiger partial charge in [-0.3, -0.25) is 9.88 Å². The summed E-state index contributed by atoms with van der Waals surface area (Å²) in [6.07, 6.45) is 5.77. The van der Waals surface area contributed by atoms with Crippen molar-refractivity contribution >= 4 is 5.82 Å². The zero-order chi connectivity index (χ0) is 19.5.